The second-order valence-corrected chi connectivity index (χ2v) is 5.50. The Morgan fingerprint density at radius 3 is 2.25 bits per heavy atom. The zero-order valence-electron chi connectivity index (χ0n) is 13.0. The van der Waals surface area contributed by atoms with Crippen LogP contribution in [0.3, 0.4) is 0 Å². The second kappa shape index (κ2) is 6.46. The topological polar surface area (TPSA) is 43.1 Å². The lowest BCUT2D eigenvalue weighted by Crippen LogP contribution is -2.10. The zero-order chi connectivity index (χ0) is 16.2. The predicted molar refractivity (Wildman–Crippen MR) is 96.1 cm³/mol. The van der Waals surface area contributed by atoms with Crippen molar-refractivity contribution in [1.82, 2.24) is 15.0 Å². The maximum atomic E-state index is 4.79. The summed E-state index contributed by atoms with van der Waals surface area (Å²) < 4.78 is 1.87. The van der Waals surface area contributed by atoms with E-state index in [0.717, 1.165) is 22.2 Å². The number of fused-ring (bicyclic) bond motifs is 1. The highest BCUT2D eigenvalue weighted by Crippen LogP contribution is 2.23. The van der Waals surface area contributed by atoms with Crippen LogP contribution in [0.15, 0.2) is 89.9 Å². The van der Waals surface area contributed by atoms with Crippen molar-refractivity contribution in [3.8, 4) is 0 Å². The van der Waals surface area contributed by atoms with Crippen LogP contribution in [0.25, 0.3) is 11.0 Å². The van der Waals surface area contributed by atoms with E-state index in [0.29, 0.717) is 0 Å². The van der Waals surface area contributed by atoms with Crippen LogP contribution in [0.4, 0.5) is 0 Å². The summed E-state index contributed by atoms with van der Waals surface area (Å²) in [7, 11) is 0. The van der Waals surface area contributed by atoms with Crippen LogP contribution in [0, 0.1) is 0 Å². The van der Waals surface area contributed by atoms with Crippen LogP contribution in [-0.2, 0) is 0 Å². The van der Waals surface area contributed by atoms with Gasteiger partial charge < -0.3 is 0 Å². The van der Waals surface area contributed by atoms with E-state index in [1.54, 1.807) is 0 Å². The molecule has 0 spiro atoms. The monoisotopic (exact) mass is 312 g/mol. The molecule has 1 atom stereocenters. The standard InChI is InChI=1S/C20H16N4/c1-3-9-16(10-4-1)15-21-20(17-11-5-2-6-12-17)24-19-14-8-7-13-18(19)22-23-24/h1-15,20H/b21-15+. The minimum atomic E-state index is -0.251. The number of nitrogens with zero attached hydrogens (tertiary/aromatic N) is 4. The van der Waals surface area contributed by atoms with E-state index >= 15 is 0 Å². The van der Waals surface area contributed by atoms with Gasteiger partial charge in [-0.25, -0.2) is 4.68 Å². The smallest absolute Gasteiger partial charge is 0.169 e. The molecule has 0 N–H and O–H groups in total. The molecule has 0 aliphatic rings. The largest absolute Gasteiger partial charge is 0.261 e. The normalized spacial score (nSPS) is 12.7. The Labute approximate surface area is 140 Å². The highest BCUT2D eigenvalue weighted by molar-refractivity contribution is 5.80. The quantitative estimate of drug-likeness (QED) is 0.533. The van der Waals surface area contributed by atoms with E-state index in [9.17, 15) is 0 Å². The molecule has 116 valence electrons. The molecule has 24 heavy (non-hydrogen) atoms. The maximum Gasteiger partial charge on any atom is 0.169 e. The Morgan fingerprint density at radius 1 is 0.792 bits per heavy atom. The first-order valence-electron chi connectivity index (χ1n) is 7.85. The van der Waals surface area contributed by atoms with Crippen molar-refractivity contribution >= 4 is 17.2 Å². The first kappa shape index (κ1) is 14.3. The van der Waals surface area contributed by atoms with Gasteiger partial charge >= 0.3 is 0 Å². The number of aliphatic imine (C=N–C) groups is 1. The molecular formula is C20H16N4. The van der Waals surface area contributed by atoms with Gasteiger partial charge in [-0.2, -0.15) is 0 Å². The SMILES string of the molecule is C(=N\C(c1ccccc1)n1nnc2ccccc21)/c1ccccc1. The summed E-state index contributed by atoms with van der Waals surface area (Å²) in [6.45, 7) is 0. The summed E-state index contributed by atoms with van der Waals surface area (Å²) in [5.74, 6) is 0. The summed E-state index contributed by atoms with van der Waals surface area (Å²) in [5, 5.41) is 8.60. The number of rotatable bonds is 4. The average molecular weight is 312 g/mol. The number of para-hydroxylation sites is 1. The maximum absolute atomic E-state index is 4.79. The van der Waals surface area contributed by atoms with Gasteiger partial charge in [0.15, 0.2) is 6.17 Å². The minimum Gasteiger partial charge on any atom is -0.261 e. The molecular weight excluding hydrogens is 296 g/mol. The molecule has 0 fully saturated rings. The van der Waals surface area contributed by atoms with Crippen LogP contribution < -0.4 is 0 Å². The van der Waals surface area contributed by atoms with Crippen LogP contribution in [0.2, 0.25) is 0 Å². The average Bonchev–Trinajstić information content (AvgIpc) is 3.08. The Bertz CT molecular complexity index is 959. The summed E-state index contributed by atoms with van der Waals surface area (Å²) >= 11 is 0. The first-order valence-corrected chi connectivity index (χ1v) is 7.85. The number of hydrogen-bond donors (Lipinski definition) is 0. The van der Waals surface area contributed by atoms with Gasteiger partial charge in [0.25, 0.3) is 0 Å². The summed E-state index contributed by atoms with van der Waals surface area (Å²) in [4.78, 5) is 4.79. The molecule has 0 saturated heterocycles. The van der Waals surface area contributed by atoms with E-state index < -0.39 is 0 Å². The van der Waals surface area contributed by atoms with Crippen LogP contribution in [0.5, 0.6) is 0 Å². The Kier molecular flexibility index (Phi) is 3.86. The fourth-order valence-electron chi connectivity index (χ4n) is 2.68. The molecule has 4 nitrogen and oxygen atoms in total. The number of benzene rings is 3. The summed E-state index contributed by atoms with van der Waals surface area (Å²) in [5.41, 5.74) is 3.97. The van der Waals surface area contributed by atoms with Gasteiger partial charge in [0, 0.05) is 6.21 Å². The molecule has 0 saturated carbocycles. The lowest BCUT2D eigenvalue weighted by molar-refractivity contribution is 0.543. The second-order valence-electron chi connectivity index (χ2n) is 5.50. The minimum absolute atomic E-state index is 0.251. The van der Waals surface area contributed by atoms with Crippen LogP contribution >= 0.6 is 0 Å². The van der Waals surface area contributed by atoms with Gasteiger partial charge in [-0.15, -0.1) is 5.10 Å². The first-order chi connectivity index (χ1) is 11.9. The Morgan fingerprint density at radius 2 is 1.46 bits per heavy atom. The van der Waals surface area contributed by atoms with Crippen molar-refractivity contribution in [2.24, 2.45) is 4.99 Å². The Balaban J connectivity index is 1.80. The molecule has 0 aliphatic heterocycles. The lowest BCUT2D eigenvalue weighted by atomic mass is 10.1. The zero-order valence-corrected chi connectivity index (χ0v) is 13.0. The molecule has 1 unspecified atom stereocenters. The van der Waals surface area contributed by atoms with Gasteiger partial charge in [0.05, 0.1) is 5.52 Å². The van der Waals surface area contributed by atoms with E-state index in [1.807, 2.05) is 83.7 Å². The molecule has 4 heteroatoms. The Hall–Kier alpha value is -3.27. The van der Waals surface area contributed by atoms with Crippen molar-refractivity contribution in [2.45, 2.75) is 6.17 Å². The van der Waals surface area contributed by atoms with E-state index in [4.69, 9.17) is 4.99 Å². The van der Waals surface area contributed by atoms with E-state index in [-0.39, 0.29) is 6.17 Å². The van der Waals surface area contributed by atoms with E-state index in [1.165, 1.54) is 0 Å². The third-order valence-electron chi connectivity index (χ3n) is 3.87. The van der Waals surface area contributed by atoms with Crippen molar-refractivity contribution < 1.29 is 0 Å². The van der Waals surface area contributed by atoms with Gasteiger partial charge in [-0.1, -0.05) is 78.0 Å². The predicted octanol–water partition coefficient (Wildman–Crippen LogP) is 4.10. The van der Waals surface area contributed by atoms with Gasteiger partial charge in [0.1, 0.15) is 5.52 Å². The van der Waals surface area contributed by atoms with Gasteiger partial charge in [0.2, 0.25) is 0 Å². The van der Waals surface area contributed by atoms with Crippen molar-refractivity contribution in [3.05, 3.63) is 96.1 Å². The molecule has 0 aliphatic carbocycles. The molecule has 0 amide bonds. The lowest BCUT2D eigenvalue weighted by Gasteiger charge is -2.14. The van der Waals surface area contributed by atoms with Crippen molar-refractivity contribution in [2.75, 3.05) is 0 Å². The fourth-order valence-corrected chi connectivity index (χ4v) is 2.68. The molecule has 1 heterocycles. The van der Waals surface area contributed by atoms with Crippen molar-refractivity contribution in [3.63, 3.8) is 0 Å². The fraction of sp³-hybridized carbons (Fsp3) is 0.0500. The van der Waals surface area contributed by atoms with Crippen molar-refractivity contribution in [1.29, 1.82) is 0 Å². The summed E-state index contributed by atoms with van der Waals surface area (Å²) in [6, 6.07) is 28.1. The highest BCUT2D eigenvalue weighted by Gasteiger charge is 2.15. The van der Waals surface area contributed by atoms with E-state index in [2.05, 4.69) is 22.4 Å². The molecule has 4 aromatic rings. The van der Waals surface area contributed by atoms with Crippen LogP contribution in [-0.4, -0.2) is 21.2 Å². The molecule has 0 bridgehead atoms. The molecule has 3 aromatic carbocycles. The molecule has 1 aromatic heterocycles. The molecule has 0 radical (unpaired) electrons. The molecule has 4 rings (SSSR count). The third-order valence-corrected chi connectivity index (χ3v) is 3.87. The number of aromatic nitrogens is 3. The van der Waals surface area contributed by atoms with Gasteiger partial charge in [-0.05, 0) is 23.3 Å². The highest BCUT2D eigenvalue weighted by atomic mass is 15.5. The summed E-state index contributed by atoms with van der Waals surface area (Å²) in [6.07, 6.45) is 1.63. The number of hydrogen-bond acceptors (Lipinski definition) is 3. The van der Waals surface area contributed by atoms with Gasteiger partial charge in [-0.3, -0.25) is 4.99 Å². The third kappa shape index (κ3) is 2.82. The van der Waals surface area contributed by atoms with Crippen LogP contribution in [0.1, 0.15) is 17.3 Å².